The summed E-state index contributed by atoms with van der Waals surface area (Å²) in [6.07, 6.45) is 2.44. The third-order valence-electron chi connectivity index (χ3n) is 1.67. The molecule has 1 amide bonds. The topological polar surface area (TPSA) is 38.3 Å². The van der Waals surface area contributed by atoms with Gasteiger partial charge in [-0.15, -0.1) is 0 Å². The molecule has 0 aromatic heterocycles. The number of carbonyl (C=O) groups excluding carboxylic acids is 1. The van der Waals surface area contributed by atoms with Gasteiger partial charge in [-0.3, -0.25) is 4.79 Å². The van der Waals surface area contributed by atoms with Crippen LogP contribution >= 0.6 is 15.9 Å². The predicted molar refractivity (Wildman–Crippen MR) is 45.8 cm³/mol. The quantitative estimate of drug-likeness (QED) is 0.713. The molecule has 0 radical (unpaired) electrons. The van der Waals surface area contributed by atoms with Crippen molar-refractivity contribution in [2.45, 2.75) is 18.9 Å². The summed E-state index contributed by atoms with van der Waals surface area (Å²) in [5, 5.41) is 3.14. The van der Waals surface area contributed by atoms with Crippen LogP contribution in [-0.4, -0.2) is 30.5 Å². The zero-order valence-corrected chi connectivity index (χ0v) is 7.89. The fourth-order valence-electron chi connectivity index (χ4n) is 1.08. The molecular weight excluding hydrogens is 210 g/mol. The lowest BCUT2D eigenvalue weighted by molar-refractivity contribution is -0.118. The molecule has 0 aromatic carbocycles. The molecule has 1 N–H and O–H groups in total. The van der Waals surface area contributed by atoms with Crippen molar-refractivity contribution < 1.29 is 9.53 Å². The van der Waals surface area contributed by atoms with Gasteiger partial charge in [0.05, 0.1) is 11.4 Å². The van der Waals surface area contributed by atoms with Gasteiger partial charge in [0.1, 0.15) is 0 Å². The van der Waals surface area contributed by atoms with Crippen molar-refractivity contribution in [1.82, 2.24) is 5.32 Å². The highest BCUT2D eigenvalue weighted by Crippen LogP contribution is 2.10. The molecule has 1 atom stereocenters. The minimum atomic E-state index is 0.0282. The molecule has 0 saturated carbocycles. The zero-order chi connectivity index (χ0) is 8.10. The van der Waals surface area contributed by atoms with E-state index in [-0.39, 0.29) is 12.0 Å². The lowest BCUT2D eigenvalue weighted by Crippen LogP contribution is -2.32. The Balaban J connectivity index is 2.06. The maximum atomic E-state index is 10.8. The highest BCUT2D eigenvalue weighted by Gasteiger charge is 2.15. The summed E-state index contributed by atoms with van der Waals surface area (Å²) in [5.41, 5.74) is 0. The van der Waals surface area contributed by atoms with Crippen LogP contribution in [0.1, 0.15) is 12.8 Å². The Morgan fingerprint density at radius 1 is 1.73 bits per heavy atom. The third kappa shape index (κ3) is 3.20. The molecule has 0 bridgehead atoms. The first-order valence-electron chi connectivity index (χ1n) is 3.77. The summed E-state index contributed by atoms with van der Waals surface area (Å²) in [6, 6.07) is 0. The summed E-state index contributed by atoms with van der Waals surface area (Å²) in [7, 11) is 0. The van der Waals surface area contributed by atoms with E-state index in [1.54, 1.807) is 0 Å². The van der Waals surface area contributed by atoms with Crippen LogP contribution in [0, 0.1) is 0 Å². The number of halogens is 1. The minimum absolute atomic E-state index is 0.0282. The van der Waals surface area contributed by atoms with Gasteiger partial charge in [0, 0.05) is 13.2 Å². The second-order valence-corrected chi connectivity index (χ2v) is 3.13. The molecule has 0 aromatic rings. The SMILES string of the molecule is O=C(CBr)NCC1CCCO1. The third-order valence-corrected chi connectivity index (χ3v) is 2.18. The van der Waals surface area contributed by atoms with Crippen LogP contribution in [0.2, 0.25) is 0 Å². The van der Waals surface area contributed by atoms with Gasteiger partial charge >= 0.3 is 0 Å². The van der Waals surface area contributed by atoms with Gasteiger partial charge in [-0.25, -0.2) is 0 Å². The van der Waals surface area contributed by atoms with Crippen molar-refractivity contribution in [3.8, 4) is 0 Å². The molecule has 1 aliphatic rings. The molecule has 1 rings (SSSR count). The largest absolute Gasteiger partial charge is 0.376 e. The lowest BCUT2D eigenvalue weighted by Gasteiger charge is -2.08. The Bertz CT molecular complexity index is 134. The van der Waals surface area contributed by atoms with Gasteiger partial charge in [-0.05, 0) is 12.8 Å². The molecule has 1 saturated heterocycles. The van der Waals surface area contributed by atoms with Crippen molar-refractivity contribution in [1.29, 1.82) is 0 Å². The number of hydrogen-bond acceptors (Lipinski definition) is 2. The number of ether oxygens (including phenoxy) is 1. The fraction of sp³-hybridized carbons (Fsp3) is 0.857. The summed E-state index contributed by atoms with van der Waals surface area (Å²) in [4.78, 5) is 10.8. The molecule has 1 heterocycles. The van der Waals surface area contributed by atoms with Gasteiger partial charge < -0.3 is 10.1 Å². The number of carbonyl (C=O) groups is 1. The van der Waals surface area contributed by atoms with Crippen LogP contribution in [0.3, 0.4) is 0 Å². The van der Waals surface area contributed by atoms with E-state index in [2.05, 4.69) is 21.2 Å². The van der Waals surface area contributed by atoms with Crippen LogP contribution in [0.25, 0.3) is 0 Å². The Morgan fingerprint density at radius 3 is 3.09 bits per heavy atom. The van der Waals surface area contributed by atoms with Gasteiger partial charge in [-0.1, -0.05) is 15.9 Å². The number of nitrogens with one attached hydrogen (secondary N) is 1. The van der Waals surface area contributed by atoms with E-state index in [4.69, 9.17) is 4.74 Å². The van der Waals surface area contributed by atoms with Crippen LogP contribution in [0.4, 0.5) is 0 Å². The molecule has 1 fully saturated rings. The fourth-order valence-corrected chi connectivity index (χ4v) is 1.28. The molecule has 4 heteroatoms. The van der Waals surface area contributed by atoms with Gasteiger partial charge in [0.15, 0.2) is 0 Å². The molecular formula is C7H12BrNO2. The highest BCUT2D eigenvalue weighted by atomic mass is 79.9. The summed E-state index contributed by atoms with van der Waals surface area (Å²) in [5.74, 6) is 0.0282. The van der Waals surface area contributed by atoms with Gasteiger partial charge in [0.25, 0.3) is 0 Å². The monoisotopic (exact) mass is 221 g/mol. The number of rotatable bonds is 3. The smallest absolute Gasteiger partial charge is 0.230 e. The summed E-state index contributed by atoms with van der Waals surface area (Å²) in [6.45, 7) is 1.50. The van der Waals surface area contributed by atoms with E-state index in [0.717, 1.165) is 19.4 Å². The van der Waals surface area contributed by atoms with Crippen LogP contribution in [-0.2, 0) is 9.53 Å². The standard InChI is InChI=1S/C7H12BrNO2/c8-4-7(10)9-5-6-2-1-3-11-6/h6H,1-5H2,(H,9,10). The Hall–Kier alpha value is -0.0900. The molecule has 3 nitrogen and oxygen atoms in total. The highest BCUT2D eigenvalue weighted by molar-refractivity contribution is 9.09. The van der Waals surface area contributed by atoms with E-state index in [1.165, 1.54) is 0 Å². The number of alkyl halides is 1. The molecule has 1 aliphatic heterocycles. The van der Waals surface area contributed by atoms with E-state index in [0.29, 0.717) is 11.9 Å². The molecule has 1 unspecified atom stereocenters. The number of amides is 1. The van der Waals surface area contributed by atoms with Crippen molar-refractivity contribution in [3.05, 3.63) is 0 Å². The van der Waals surface area contributed by atoms with Crippen LogP contribution in [0.15, 0.2) is 0 Å². The first-order valence-corrected chi connectivity index (χ1v) is 4.89. The maximum Gasteiger partial charge on any atom is 0.230 e. The van der Waals surface area contributed by atoms with Crippen LogP contribution < -0.4 is 5.32 Å². The normalized spacial score (nSPS) is 23.5. The van der Waals surface area contributed by atoms with E-state index in [9.17, 15) is 4.79 Å². The Morgan fingerprint density at radius 2 is 2.55 bits per heavy atom. The average Bonchev–Trinajstić information content (AvgIpc) is 2.52. The lowest BCUT2D eigenvalue weighted by atomic mass is 10.2. The van der Waals surface area contributed by atoms with Crippen molar-refractivity contribution in [3.63, 3.8) is 0 Å². The summed E-state index contributed by atoms with van der Waals surface area (Å²) >= 11 is 3.07. The van der Waals surface area contributed by atoms with Crippen molar-refractivity contribution in [2.24, 2.45) is 0 Å². The second-order valence-electron chi connectivity index (χ2n) is 2.57. The van der Waals surface area contributed by atoms with Gasteiger partial charge in [0.2, 0.25) is 5.91 Å². The van der Waals surface area contributed by atoms with Gasteiger partial charge in [-0.2, -0.15) is 0 Å². The first-order chi connectivity index (χ1) is 5.33. The second kappa shape index (κ2) is 4.72. The van der Waals surface area contributed by atoms with E-state index < -0.39 is 0 Å². The summed E-state index contributed by atoms with van der Waals surface area (Å²) < 4.78 is 5.32. The van der Waals surface area contributed by atoms with E-state index in [1.807, 2.05) is 0 Å². The molecule has 0 spiro atoms. The minimum Gasteiger partial charge on any atom is -0.376 e. The predicted octanol–water partition coefficient (Wildman–Crippen LogP) is 0.676. The Kier molecular flexibility index (Phi) is 3.86. The maximum absolute atomic E-state index is 10.8. The van der Waals surface area contributed by atoms with Crippen molar-refractivity contribution in [2.75, 3.05) is 18.5 Å². The van der Waals surface area contributed by atoms with Crippen LogP contribution in [0.5, 0.6) is 0 Å². The van der Waals surface area contributed by atoms with Crippen molar-refractivity contribution >= 4 is 21.8 Å². The molecule has 11 heavy (non-hydrogen) atoms. The zero-order valence-electron chi connectivity index (χ0n) is 6.31. The molecule has 64 valence electrons. The first kappa shape index (κ1) is 9.00. The molecule has 0 aliphatic carbocycles. The average molecular weight is 222 g/mol. The Labute approximate surface area is 74.6 Å². The number of hydrogen-bond donors (Lipinski definition) is 1. The van der Waals surface area contributed by atoms with E-state index >= 15 is 0 Å².